The lowest BCUT2D eigenvalue weighted by Gasteiger charge is -1.98. The fourth-order valence-electron chi connectivity index (χ4n) is 1.00. The van der Waals surface area contributed by atoms with Gasteiger partial charge in [0.05, 0.1) is 6.61 Å². The maximum atomic E-state index is 4.89. The predicted octanol–water partition coefficient (Wildman–Crippen LogP) is 1.93. The molecule has 0 atom stereocenters. The molecular formula is C9H14ClNO. The summed E-state index contributed by atoms with van der Waals surface area (Å²) in [6, 6.07) is 10.3. The topological polar surface area (TPSA) is 35.2 Å². The van der Waals surface area contributed by atoms with Crippen molar-refractivity contribution < 1.29 is 4.84 Å². The zero-order valence-corrected chi connectivity index (χ0v) is 7.72. The molecule has 0 fully saturated rings. The van der Waals surface area contributed by atoms with Crippen molar-refractivity contribution in [1.82, 2.24) is 0 Å². The molecule has 2 nitrogen and oxygen atoms in total. The van der Waals surface area contributed by atoms with Gasteiger partial charge in [-0.25, -0.2) is 5.90 Å². The lowest BCUT2D eigenvalue weighted by molar-refractivity contribution is 0.135. The Labute approximate surface area is 79.1 Å². The van der Waals surface area contributed by atoms with Gasteiger partial charge >= 0.3 is 0 Å². The summed E-state index contributed by atoms with van der Waals surface area (Å²) < 4.78 is 0. The molecule has 3 heteroatoms. The SMILES string of the molecule is Cl.NOCCCc1ccccc1. The molecular weight excluding hydrogens is 174 g/mol. The molecule has 0 aliphatic heterocycles. The third-order valence-electron chi connectivity index (χ3n) is 1.57. The van der Waals surface area contributed by atoms with E-state index in [1.54, 1.807) is 0 Å². The van der Waals surface area contributed by atoms with Crippen molar-refractivity contribution in [3.05, 3.63) is 35.9 Å². The molecule has 1 rings (SSSR count). The molecule has 12 heavy (non-hydrogen) atoms. The van der Waals surface area contributed by atoms with Crippen molar-refractivity contribution in [1.29, 1.82) is 0 Å². The second-order valence-electron chi connectivity index (χ2n) is 2.46. The van der Waals surface area contributed by atoms with Crippen LogP contribution in [0, 0.1) is 0 Å². The van der Waals surface area contributed by atoms with Gasteiger partial charge in [0.1, 0.15) is 0 Å². The standard InChI is InChI=1S/C9H13NO.ClH/c10-11-8-4-7-9-5-2-1-3-6-9;/h1-3,5-6H,4,7-8,10H2;1H. The molecule has 0 saturated heterocycles. The van der Waals surface area contributed by atoms with E-state index in [1.165, 1.54) is 5.56 Å². The van der Waals surface area contributed by atoms with E-state index in [4.69, 9.17) is 5.90 Å². The third kappa shape index (κ3) is 4.34. The van der Waals surface area contributed by atoms with Crippen LogP contribution >= 0.6 is 12.4 Å². The fourth-order valence-corrected chi connectivity index (χ4v) is 1.00. The van der Waals surface area contributed by atoms with Crippen LogP contribution in [0.4, 0.5) is 0 Å². The lowest BCUT2D eigenvalue weighted by Crippen LogP contribution is -2.01. The predicted molar refractivity (Wildman–Crippen MR) is 52.2 cm³/mol. The highest BCUT2D eigenvalue weighted by Crippen LogP contribution is 2.01. The van der Waals surface area contributed by atoms with Gasteiger partial charge in [0.25, 0.3) is 0 Å². The Morgan fingerprint density at radius 1 is 1.17 bits per heavy atom. The summed E-state index contributed by atoms with van der Waals surface area (Å²) in [6.45, 7) is 0.634. The molecule has 0 heterocycles. The molecule has 1 aromatic rings. The molecule has 0 unspecified atom stereocenters. The summed E-state index contributed by atoms with van der Waals surface area (Å²) in [7, 11) is 0. The van der Waals surface area contributed by atoms with Crippen LogP contribution in [0.15, 0.2) is 30.3 Å². The van der Waals surface area contributed by atoms with E-state index in [0.717, 1.165) is 12.8 Å². The fraction of sp³-hybridized carbons (Fsp3) is 0.333. The van der Waals surface area contributed by atoms with Crippen LogP contribution in [0.5, 0.6) is 0 Å². The molecule has 0 aliphatic carbocycles. The number of halogens is 1. The molecule has 68 valence electrons. The van der Waals surface area contributed by atoms with Gasteiger partial charge < -0.3 is 4.84 Å². The summed E-state index contributed by atoms with van der Waals surface area (Å²) in [5.41, 5.74) is 1.34. The molecule has 0 bridgehead atoms. The van der Waals surface area contributed by atoms with E-state index in [1.807, 2.05) is 18.2 Å². The maximum Gasteiger partial charge on any atom is 0.0682 e. The molecule has 0 amide bonds. The average molecular weight is 188 g/mol. The minimum atomic E-state index is 0. The van der Waals surface area contributed by atoms with Crippen LogP contribution < -0.4 is 5.90 Å². The number of nitrogens with two attached hydrogens (primary N) is 1. The van der Waals surface area contributed by atoms with Gasteiger partial charge in [0.15, 0.2) is 0 Å². The van der Waals surface area contributed by atoms with Crippen molar-refractivity contribution in [2.45, 2.75) is 12.8 Å². The Bertz CT molecular complexity index is 191. The zero-order valence-electron chi connectivity index (χ0n) is 6.90. The van der Waals surface area contributed by atoms with Gasteiger partial charge in [0, 0.05) is 0 Å². The van der Waals surface area contributed by atoms with Gasteiger partial charge in [0.2, 0.25) is 0 Å². The summed E-state index contributed by atoms with van der Waals surface area (Å²) in [4.78, 5) is 4.46. The number of hydrogen-bond donors (Lipinski definition) is 1. The van der Waals surface area contributed by atoms with Gasteiger partial charge in [-0.3, -0.25) is 0 Å². The monoisotopic (exact) mass is 187 g/mol. The van der Waals surface area contributed by atoms with E-state index in [2.05, 4.69) is 17.0 Å². The zero-order chi connectivity index (χ0) is 7.94. The summed E-state index contributed by atoms with van der Waals surface area (Å²) in [5.74, 6) is 4.89. The minimum absolute atomic E-state index is 0. The largest absolute Gasteiger partial charge is 0.305 e. The van der Waals surface area contributed by atoms with Gasteiger partial charge in [-0.15, -0.1) is 12.4 Å². The van der Waals surface area contributed by atoms with Crippen LogP contribution in [0.1, 0.15) is 12.0 Å². The average Bonchev–Trinajstić information content (AvgIpc) is 2.07. The smallest absolute Gasteiger partial charge is 0.0682 e. The van der Waals surface area contributed by atoms with E-state index in [-0.39, 0.29) is 12.4 Å². The van der Waals surface area contributed by atoms with Gasteiger partial charge in [-0.1, -0.05) is 30.3 Å². The molecule has 2 N–H and O–H groups in total. The van der Waals surface area contributed by atoms with E-state index < -0.39 is 0 Å². The molecule has 1 aromatic carbocycles. The second kappa shape index (κ2) is 7.10. The van der Waals surface area contributed by atoms with Crippen LogP contribution in [0.2, 0.25) is 0 Å². The Balaban J connectivity index is 0.00000121. The number of hydrogen-bond acceptors (Lipinski definition) is 2. The highest BCUT2D eigenvalue weighted by molar-refractivity contribution is 5.85. The first kappa shape index (κ1) is 11.4. The number of rotatable bonds is 4. The molecule has 0 saturated carbocycles. The lowest BCUT2D eigenvalue weighted by atomic mass is 10.1. The quantitative estimate of drug-likeness (QED) is 0.578. The normalized spacial score (nSPS) is 9.08. The second-order valence-corrected chi connectivity index (χ2v) is 2.46. The summed E-state index contributed by atoms with van der Waals surface area (Å²) in [6.07, 6.45) is 2.03. The van der Waals surface area contributed by atoms with Crippen LogP contribution in [-0.4, -0.2) is 6.61 Å². The van der Waals surface area contributed by atoms with Crippen molar-refractivity contribution in [2.24, 2.45) is 5.90 Å². The van der Waals surface area contributed by atoms with Crippen LogP contribution in [-0.2, 0) is 11.3 Å². The summed E-state index contributed by atoms with van der Waals surface area (Å²) in [5, 5.41) is 0. The Hall–Kier alpha value is -0.570. The Kier molecular flexibility index (Phi) is 6.76. The van der Waals surface area contributed by atoms with Crippen molar-refractivity contribution in [2.75, 3.05) is 6.61 Å². The number of aryl methyl sites for hydroxylation is 1. The first-order chi connectivity index (χ1) is 5.43. The summed E-state index contributed by atoms with van der Waals surface area (Å²) >= 11 is 0. The van der Waals surface area contributed by atoms with Crippen LogP contribution in [0.3, 0.4) is 0 Å². The maximum absolute atomic E-state index is 4.89. The third-order valence-corrected chi connectivity index (χ3v) is 1.57. The first-order valence-electron chi connectivity index (χ1n) is 3.79. The van der Waals surface area contributed by atoms with E-state index in [0.29, 0.717) is 6.61 Å². The number of benzene rings is 1. The Morgan fingerprint density at radius 3 is 2.42 bits per heavy atom. The van der Waals surface area contributed by atoms with Crippen molar-refractivity contribution >= 4 is 12.4 Å². The first-order valence-corrected chi connectivity index (χ1v) is 3.79. The van der Waals surface area contributed by atoms with Crippen molar-refractivity contribution in [3.63, 3.8) is 0 Å². The molecule has 0 aromatic heterocycles. The molecule has 0 radical (unpaired) electrons. The van der Waals surface area contributed by atoms with Crippen molar-refractivity contribution in [3.8, 4) is 0 Å². The highest BCUT2D eigenvalue weighted by Gasteiger charge is 1.89. The van der Waals surface area contributed by atoms with Crippen LogP contribution in [0.25, 0.3) is 0 Å². The van der Waals surface area contributed by atoms with E-state index in [9.17, 15) is 0 Å². The van der Waals surface area contributed by atoms with Gasteiger partial charge in [-0.2, -0.15) is 0 Å². The van der Waals surface area contributed by atoms with Gasteiger partial charge in [-0.05, 0) is 18.4 Å². The minimum Gasteiger partial charge on any atom is -0.305 e. The molecule has 0 aliphatic rings. The Morgan fingerprint density at radius 2 is 1.83 bits per heavy atom. The molecule has 0 spiro atoms. The van der Waals surface area contributed by atoms with E-state index >= 15 is 0 Å². The highest BCUT2D eigenvalue weighted by atomic mass is 35.5.